The fraction of sp³-hybridized carbons (Fsp3) is 0.125. The van der Waals surface area contributed by atoms with E-state index in [0.717, 1.165) is 0 Å². The lowest BCUT2D eigenvalue weighted by molar-refractivity contribution is 0.0696. The van der Waals surface area contributed by atoms with Crippen LogP contribution in [0.5, 0.6) is 5.75 Å². The third kappa shape index (κ3) is 2.25. The van der Waals surface area contributed by atoms with Crippen molar-refractivity contribution >= 4 is 40.2 Å². The number of halogens is 2. The molecule has 5 heteroatoms. The van der Waals surface area contributed by atoms with Gasteiger partial charge in [-0.05, 0) is 34.7 Å². The standard InChI is InChI=1S/C8H6ClIO3/c1-13-6-3-4(8(11)12)2-5(9)7(6)10/h2-3H,1H3,(H,11,12). The molecular weight excluding hydrogens is 306 g/mol. The van der Waals surface area contributed by atoms with Crippen molar-refractivity contribution in [1.82, 2.24) is 0 Å². The summed E-state index contributed by atoms with van der Waals surface area (Å²) in [5, 5.41) is 9.09. The molecule has 13 heavy (non-hydrogen) atoms. The molecule has 1 aromatic rings. The van der Waals surface area contributed by atoms with Gasteiger partial charge in [0, 0.05) is 0 Å². The van der Waals surface area contributed by atoms with Crippen LogP contribution in [0.3, 0.4) is 0 Å². The van der Waals surface area contributed by atoms with E-state index >= 15 is 0 Å². The van der Waals surface area contributed by atoms with E-state index in [2.05, 4.69) is 0 Å². The lowest BCUT2D eigenvalue weighted by Gasteiger charge is -2.05. The smallest absolute Gasteiger partial charge is 0.335 e. The minimum absolute atomic E-state index is 0.127. The van der Waals surface area contributed by atoms with Crippen molar-refractivity contribution < 1.29 is 14.6 Å². The van der Waals surface area contributed by atoms with Crippen LogP contribution in [0.1, 0.15) is 10.4 Å². The topological polar surface area (TPSA) is 46.5 Å². The molecular formula is C8H6ClIO3. The zero-order valence-corrected chi connectivity index (χ0v) is 9.59. The molecule has 1 rings (SSSR count). The summed E-state index contributed by atoms with van der Waals surface area (Å²) in [4.78, 5) is 10.6. The SMILES string of the molecule is COc1cc(C(=O)O)cc(Cl)c1I. The van der Waals surface area contributed by atoms with Gasteiger partial charge in [-0.25, -0.2) is 4.79 Å². The van der Waals surface area contributed by atoms with Gasteiger partial charge in [-0.3, -0.25) is 0 Å². The number of ether oxygens (including phenoxy) is 1. The molecule has 0 radical (unpaired) electrons. The van der Waals surface area contributed by atoms with Crippen LogP contribution in [0.4, 0.5) is 0 Å². The summed E-state index contributed by atoms with van der Waals surface area (Å²) in [5.41, 5.74) is 0.127. The molecule has 0 aliphatic carbocycles. The number of hydrogen-bond acceptors (Lipinski definition) is 2. The predicted octanol–water partition coefficient (Wildman–Crippen LogP) is 2.65. The zero-order chi connectivity index (χ0) is 10.0. The molecule has 3 nitrogen and oxygen atoms in total. The van der Waals surface area contributed by atoms with Crippen molar-refractivity contribution in [3.05, 3.63) is 26.3 Å². The zero-order valence-electron chi connectivity index (χ0n) is 6.67. The highest BCUT2D eigenvalue weighted by molar-refractivity contribution is 14.1. The van der Waals surface area contributed by atoms with E-state index in [0.29, 0.717) is 14.3 Å². The van der Waals surface area contributed by atoms with Gasteiger partial charge in [0.2, 0.25) is 0 Å². The average molecular weight is 312 g/mol. The molecule has 0 heterocycles. The molecule has 0 unspecified atom stereocenters. The monoisotopic (exact) mass is 312 g/mol. The highest BCUT2D eigenvalue weighted by Gasteiger charge is 2.11. The molecule has 0 aliphatic rings. The second kappa shape index (κ2) is 4.15. The van der Waals surface area contributed by atoms with E-state index in [1.165, 1.54) is 19.2 Å². The molecule has 0 aliphatic heterocycles. The molecule has 0 amide bonds. The third-order valence-corrected chi connectivity index (χ3v) is 3.19. The highest BCUT2D eigenvalue weighted by Crippen LogP contribution is 2.29. The molecule has 1 aromatic carbocycles. The molecule has 0 aromatic heterocycles. The van der Waals surface area contributed by atoms with Gasteiger partial charge >= 0.3 is 5.97 Å². The molecule has 0 saturated heterocycles. The van der Waals surface area contributed by atoms with Crippen LogP contribution >= 0.6 is 34.2 Å². The molecule has 0 spiro atoms. The highest BCUT2D eigenvalue weighted by atomic mass is 127. The van der Waals surface area contributed by atoms with Crippen LogP contribution in [0, 0.1) is 3.57 Å². The first-order chi connectivity index (χ1) is 6.06. The van der Waals surface area contributed by atoms with Gasteiger partial charge in [-0.15, -0.1) is 0 Å². The number of carboxylic acid groups (broad SMARTS) is 1. The first-order valence-corrected chi connectivity index (χ1v) is 4.78. The van der Waals surface area contributed by atoms with Gasteiger partial charge in [0.15, 0.2) is 0 Å². The van der Waals surface area contributed by atoms with Gasteiger partial charge in [0.25, 0.3) is 0 Å². The summed E-state index contributed by atoms with van der Waals surface area (Å²) in [6.45, 7) is 0. The van der Waals surface area contributed by atoms with Crippen LogP contribution < -0.4 is 4.74 Å². The minimum atomic E-state index is -1.02. The molecule has 70 valence electrons. The van der Waals surface area contributed by atoms with E-state index in [1.807, 2.05) is 22.6 Å². The van der Waals surface area contributed by atoms with Crippen molar-refractivity contribution in [1.29, 1.82) is 0 Å². The summed E-state index contributed by atoms with van der Waals surface area (Å²) in [5.74, 6) is -0.540. The van der Waals surface area contributed by atoms with E-state index < -0.39 is 5.97 Å². The average Bonchev–Trinajstić information content (AvgIpc) is 2.09. The van der Waals surface area contributed by atoms with Crippen LogP contribution in [0.2, 0.25) is 5.02 Å². The first-order valence-electron chi connectivity index (χ1n) is 3.32. The van der Waals surface area contributed by atoms with Gasteiger partial charge in [-0.1, -0.05) is 11.6 Å². The number of carboxylic acids is 1. The van der Waals surface area contributed by atoms with Crippen LogP contribution in [0.25, 0.3) is 0 Å². The van der Waals surface area contributed by atoms with Gasteiger partial charge < -0.3 is 9.84 Å². The van der Waals surface area contributed by atoms with E-state index in [4.69, 9.17) is 21.4 Å². The van der Waals surface area contributed by atoms with E-state index in [9.17, 15) is 4.79 Å². The quantitative estimate of drug-likeness (QED) is 0.854. The third-order valence-electron chi connectivity index (χ3n) is 1.46. The molecule has 0 saturated carbocycles. The largest absolute Gasteiger partial charge is 0.496 e. The Labute approximate surface area is 93.8 Å². The minimum Gasteiger partial charge on any atom is -0.496 e. The maximum atomic E-state index is 10.6. The summed E-state index contributed by atoms with van der Waals surface area (Å²) >= 11 is 7.79. The number of carbonyl (C=O) groups is 1. The summed E-state index contributed by atoms with van der Waals surface area (Å²) in [6, 6.07) is 2.84. The molecule has 0 fully saturated rings. The Hall–Kier alpha value is -0.490. The number of methoxy groups -OCH3 is 1. The Morgan fingerprint density at radius 1 is 1.62 bits per heavy atom. The second-order valence-electron chi connectivity index (χ2n) is 2.28. The van der Waals surface area contributed by atoms with Crippen molar-refractivity contribution in [3.63, 3.8) is 0 Å². The van der Waals surface area contributed by atoms with Crippen molar-refractivity contribution in [2.45, 2.75) is 0 Å². The molecule has 1 N–H and O–H groups in total. The Morgan fingerprint density at radius 2 is 2.23 bits per heavy atom. The summed E-state index contributed by atoms with van der Waals surface area (Å²) in [7, 11) is 1.47. The maximum Gasteiger partial charge on any atom is 0.335 e. The van der Waals surface area contributed by atoms with Crippen LogP contribution in [0.15, 0.2) is 12.1 Å². The van der Waals surface area contributed by atoms with E-state index in [-0.39, 0.29) is 5.56 Å². The summed E-state index contributed by atoms with van der Waals surface area (Å²) < 4.78 is 5.68. The Morgan fingerprint density at radius 3 is 2.69 bits per heavy atom. The fourth-order valence-electron chi connectivity index (χ4n) is 0.836. The summed E-state index contributed by atoms with van der Waals surface area (Å²) in [6.07, 6.45) is 0. The van der Waals surface area contributed by atoms with E-state index in [1.54, 1.807) is 0 Å². The van der Waals surface area contributed by atoms with Gasteiger partial charge in [-0.2, -0.15) is 0 Å². The fourth-order valence-corrected chi connectivity index (χ4v) is 1.58. The predicted molar refractivity (Wildman–Crippen MR) is 57.7 cm³/mol. The van der Waals surface area contributed by atoms with Gasteiger partial charge in [0.05, 0.1) is 21.3 Å². The lowest BCUT2D eigenvalue weighted by Crippen LogP contribution is -1.98. The number of benzene rings is 1. The number of hydrogen-bond donors (Lipinski definition) is 1. The second-order valence-corrected chi connectivity index (χ2v) is 3.77. The molecule has 0 atom stereocenters. The van der Waals surface area contributed by atoms with Crippen molar-refractivity contribution in [2.75, 3.05) is 7.11 Å². The Bertz CT molecular complexity index is 351. The van der Waals surface area contributed by atoms with Crippen molar-refractivity contribution in [2.24, 2.45) is 0 Å². The molecule has 0 bridgehead atoms. The van der Waals surface area contributed by atoms with Gasteiger partial charge in [0.1, 0.15) is 5.75 Å². The van der Waals surface area contributed by atoms with Crippen molar-refractivity contribution in [3.8, 4) is 5.75 Å². The number of rotatable bonds is 2. The Balaban J connectivity index is 3.30. The Kier molecular flexibility index (Phi) is 3.38. The normalized spacial score (nSPS) is 9.77. The van der Waals surface area contributed by atoms with Crippen LogP contribution in [-0.4, -0.2) is 18.2 Å². The maximum absolute atomic E-state index is 10.6. The first kappa shape index (κ1) is 10.6. The number of aromatic carboxylic acids is 1. The lowest BCUT2D eigenvalue weighted by atomic mass is 10.2. The van der Waals surface area contributed by atoms with Crippen LogP contribution in [-0.2, 0) is 0 Å².